The van der Waals surface area contributed by atoms with Crippen LogP contribution in [0.2, 0.25) is 5.02 Å². The summed E-state index contributed by atoms with van der Waals surface area (Å²) in [5.74, 6) is 0. The van der Waals surface area contributed by atoms with Gasteiger partial charge in [-0.3, -0.25) is 0 Å². The Bertz CT molecular complexity index is 447. The molecule has 2 nitrogen and oxygen atoms in total. The Morgan fingerprint density at radius 2 is 2.23 bits per heavy atom. The van der Waals surface area contributed by atoms with Crippen LogP contribution in [0.25, 0.3) is 10.9 Å². The molecule has 0 radical (unpaired) electrons. The Kier molecular flexibility index (Phi) is 2.07. The van der Waals surface area contributed by atoms with Gasteiger partial charge in [-0.05, 0) is 18.2 Å². The summed E-state index contributed by atoms with van der Waals surface area (Å²) in [7, 11) is 0. The number of nitrogens with zero attached hydrogens (tertiary/aromatic N) is 1. The normalized spacial score (nSPS) is 10.5. The number of halogens is 1. The first-order valence-electron chi connectivity index (χ1n) is 4.00. The second-order valence-corrected chi connectivity index (χ2v) is 3.21. The molecule has 0 saturated heterocycles. The van der Waals surface area contributed by atoms with Crippen molar-refractivity contribution in [2.24, 2.45) is 0 Å². The third kappa shape index (κ3) is 1.33. The maximum atomic E-state index is 10.3. The Morgan fingerprint density at radius 1 is 1.38 bits per heavy atom. The molecule has 0 aliphatic rings. The van der Waals surface area contributed by atoms with E-state index in [1.165, 1.54) is 0 Å². The van der Waals surface area contributed by atoms with Gasteiger partial charge < -0.3 is 9.36 Å². The van der Waals surface area contributed by atoms with Crippen molar-refractivity contribution in [3.05, 3.63) is 35.5 Å². The van der Waals surface area contributed by atoms with Crippen LogP contribution in [0.3, 0.4) is 0 Å². The first-order chi connectivity index (χ1) is 6.33. The first kappa shape index (κ1) is 8.32. The molecule has 2 aromatic rings. The molecule has 0 N–H and O–H groups in total. The minimum atomic E-state index is 0.379. The smallest absolute Gasteiger partial charge is 0.139 e. The van der Waals surface area contributed by atoms with Crippen LogP contribution in [0.15, 0.2) is 30.5 Å². The van der Waals surface area contributed by atoms with Crippen molar-refractivity contribution in [3.63, 3.8) is 0 Å². The molecular formula is C10H8ClNO. The topological polar surface area (TPSA) is 22.0 Å². The highest BCUT2D eigenvalue weighted by atomic mass is 35.5. The molecular weight excluding hydrogens is 186 g/mol. The van der Waals surface area contributed by atoms with E-state index in [0.717, 1.165) is 22.2 Å². The molecule has 1 aromatic carbocycles. The second kappa shape index (κ2) is 3.23. The average molecular weight is 194 g/mol. The van der Waals surface area contributed by atoms with Crippen molar-refractivity contribution in [1.29, 1.82) is 0 Å². The summed E-state index contributed by atoms with van der Waals surface area (Å²) in [5, 5.41) is 1.72. The van der Waals surface area contributed by atoms with Crippen LogP contribution >= 0.6 is 11.6 Å². The molecule has 13 heavy (non-hydrogen) atoms. The summed E-state index contributed by atoms with van der Waals surface area (Å²) in [4.78, 5) is 10.3. The van der Waals surface area contributed by atoms with Crippen LogP contribution in [0, 0.1) is 0 Å². The van der Waals surface area contributed by atoms with Crippen LogP contribution in [-0.2, 0) is 11.3 Å². The zero-order valence-electron chi connectivity index (χ0n) is 6.90. The van der Waals surface area contributed by atoms with E-state index in [4.69, 9.17) is 11.6 Å². The van der Waals surface area contributed by atoms with Crippen molar-refractivity contribution in [2.75, 3.05) is 0 Å². The van der Waals surface area contributed by atoms with E-state index in [-0.39, 0.29) is 0 Å². The summed E-state index contributed by atoms with van der Waals surface area (Å²) < 4.78 is 1.87. The molecule has 0 unspecified atom stereocenters. The van der Waals surface area contributed by atoms with Gasteiger partial charge in [0.1, 0.15) is 6.29 Å². The number of carbonyl (C=O) groups is 1. The van der Waals surface area contributed by atoms with Gasteiger partial charge in [-0.15, -0.1) is 0 Å². The largest absolute Gasteiger partial charge is 0.340 e. The maximum absolute atomic E-state index is 10.3. The molecule has 1 heterocycles. The van der Waals surface area contributed by atoms with E-state index in [1.54, 1.807) is 0 Å². The summed E-state index contributed by atoms with van der Waals surface area (Å²) in [5.41, 5.74) is 1.000. The van der Waals surface area contributed by atoms with E-state index in [9.17, 15) is 4.79 Å². The SMILES string of the molecule is O=CCn1ccc2c(Cl)cccc21. The summed E-state index contributed by atoms with van der Waals surface area (Å²) in [6.07, 6.45) is 2.74. The number of carbonyl (C=O) groups excluding carboxylic acids is 1. The molecule has 2 rings (SSSR count). The summed E-state index contributed by atoms with van der Waals surface area (Å²) in [6.45, 7) is 0.379. The third-order valence-electron chi connectivity index (χ3n) is 2.03. The maximum Gasteiger partial charge on any atom is 0.139 e. The van der Waals surface area contributed by atoms with Crippen LogP contribution in [0.5, 0.6) is 0 Å². The fraction of sp³-hybridized carbons (Fsp3) is 0.100. The minimum absolute atomic E-state index is 0.379. The van der Waals surface area contributed by atoms with Gasteiger partial charge in [0.2, 0.25) is 0 Å². The lowest BCUT2D eigenvalue weighted by molar-refractivity contribution is -0.108. The Labute approximate surface area is 80.7 Å². The number of benzene rings is 1. The molecule has 0 aliphatic heterocycles. The number of rotatable bonds is 2. The fourth-order valence-electron chi connectivity index (χ4n) is 1.43. The van der Waals surface area contributed by atoms with Gasteiger partial charge in [-0.25, -0.2) is 0 Å². The summed E-state index contributed by atoms with van der Waals surface area (Å²) in [6, 6.07) is 7.59. The minimum Gasteiger partial charge on any atom is -0.340 e. The standard InChI is InChI=1S/C10H8ClNO/c11-9-2-1-3-10-8(9)4-5-12(10)6-7-13/h1-5,7H,6H2. The van der Waals surface area contributed by atoms with Crippen molar-refractivity contribution in [3.8, 4) is 0 Å². The van der Waals surface area contributed by atoms with E-state index in [0.29, 0.717) is 6.54 Å². The second-order valence-electron chi connectivity index (χ2n) is 2.81. The number of aromatic nitrogens is 1. The molecule has 3 heteroatoms. The Balaban J connectivity index is 2.67. The zero-order chi connectivity index (χ0) is 9.26. The Hall–Kier alpha value is -1.28. The third-order valence-corrected chi connectivity index (χ3v) is 2.36. The van der Waals surface area contributed by atoms with Gasteiger partial charge >= 0.3 is 0 Å². The molecule has 1 aromatic heterocycles. The number of aldehydes is 1. The van der Waals surface area contributed by atoms with E-state index in [1.807, 2.05) is 35.0 Å². The van der Waals surface area contributed by atoms with Gasteiger partial charge in [0, 0.05) is 22.1 Å². The molecule has 66 valence electrons. The van der Waals surface area contributed by atoms with E-state index >= 15 is 0 Å². The number of hydrogen-bond acceptors (Lipinski definition) is 1. The zero-order valence-corrected chi connectivity index (χ0v) is 7.66. The monoisotopic (exact) mass is 193 g/mol. The van der Waals surface area contributed by atoms with Crippen LogP contribution < -0.4 is 0 Å². The first-order valence-corrected chi connectivity index (χ1v) is 4.37. The highest BCUT2D eigenvalue weighted by Gasteiger charge is 2.02. The van der Waals surface area contributed by atoms with Gasteiger partial charge in [-0.2, -0.15) is 0 Å². The van der Waals surface area contributed by atoms with E-state index in [2.05, 4.69) is 0 Å². The highest BCUT2D eigenvalue weighted by molar-refractivity contribution is 6.35. The van der Waals surface area contributed by atoms with Crippen LogP contribution in [0.4, 0.5) is 0 Å². The number of fused-ring (bicyclic) bond motifs is 1. The average Bonchev–Trinajstić information content (AvgIpc) is 2.51. The van der Waals surface area contributed by atoms with Crippen molar-refractivity contribution >= 4 is 28.8 Å². The van der Waals surface area contributed by atoms with E-state index < -0.39 is 0 Å². The van der Waals surface area contributed by atoms with Crippen molar-refractivity contribution in [1.82, 2.24) is 4.57 Å². The van der Waals surface area contributed by atoms with Crippen LogP contribution in [0.1, 0.15) is 0 Å². The van der Waals surface area contributed by atoms with Gasteiger partial charge in [0.15, 0.2) is 0 Å². The lowest BCUT2D eigenvalue weighted by atomic mass is 10.2. The lowest BCUT2D eigenvalue weighted by Gasteiger charge is -1.99. The quantitative estimate of drug-likeness (QED) is 0.672. The fourth-order valence-corrected chi connectivity index (χ4v) is 1.66. The molecule has 0 amide bonds. The molecule has 0 spiro atoms. The molecule has 0 bridgehead atoms. The van der Waals surface area contributed by atoms with Gasteiger partial charge in [0.25, 0.3) is 0 Å². The molecule has 0 aliphatic carbocycles. The van der Waals surface area contributed by atoms with Crippen LogP contribution in [-0.4, -0.2) is 10.9 Å². The van der Waals surface area contributed by atoms with Crippen molar-refractivity contribution < 1.29 is 4.79 Å². The molecule has 0 fully saturated rings. The highest BCUT2D eigenvalue weighted by Crippen LogP contribution is 2.23. The van der Waals surface area contributed by atoms with Gasteiger partial charge in [-0.1, -0.05) is 17.7 Å². The number of hydrogen-bond donors (Lipinski definition) is 0. The lowest BCUT2D eigenvalue weighted by Crippen LogP contribution is -1.95. The Morgan fingerprint density at radius 3 is 3.00 bits per heavy atom. The predicted octanol–water partition coefficient (Wildman–Crippen LogP) is 2.49. The predicted molar refractivity (Wildman–Crippen MR) is 53.0 cm³/mol. The van der Waals surface area contributed by atoms with Crippen molar-refractivity contribution in [2.45, 2.75) is 6.54 Å². The van der Waals surface area contributed by atoms with Gasteiger partial charge in [0.05, 0.1) is 6.54 Å². The molecule has 0 saturated carbocycles. The molecule has 0 atom stereocenters. The summed E-state index contributed by atoms with van der Waals surface area (Å²) >= 11 is 5.97.